The van der Waals surface area contributed by atoms with Crippen LogP contribution in [0.3, 0.4) is 0 Å². The van der Waals surface area contributed by atoms with E-state index in [1.807, 2.05) is 6.92 Å². The Balaban J connectivity index is 2.15. The monoisotopic (exact) mass is 358 g/mol. The highest BCUT2D eigenvalue weighted by molar-refractivity contribution is 5.97. The molecule has 2 unspecified atom stereocenters. The van der Waals surface area contributed by atoms with Crippen molar-refractivity contribution >= 4 is 11.6 Å². The van der Waals surface area contributed by atoms with Crippen LogP contribution in [0.5, 0.6) is 5.75 Å². The third-order valence-electron chi connectivity index (χ3n) is 4.72. The first-order valence-electron chi connectivity index (χ1n) is 9.52. The molecule has 2 atom stereocenters. The molecule has 142 valence electrons. The summed E-state index contributed by atoms with van der Waals surface area (Å²) in [4.78, 5) is 13.0. The van der Waals surface area contributed by atoms with Gasteiger partial charge in [0.05, 0.1) is 12.2 Å². The summed E-state index contributed by atoms with van der Waals surface area (Å²) in [6, 6.07) is 7.33. The van der Waals surface area contributed by atoms with E-state index in [0.29, 0.717) is 42.0 Å². The van der Waals surface area contributed by atoms with Gasteiger partial charge >= 0.3 is 0 Å². The molecule has 2 rings (SSSR count). The highest BCUT2D eigenvalue weighted by atomic mass is 16.5. The maximum absolute atomic E-state index is 13.0. The minimum absolute atomic E-state index is 0.120. The summed E-state index contributed by atoms with van der Waals surface area (Å²) < 4.78 is 11.6. The lowest BCUT2D eigenvalue weighted by Gasteiger charge is -2.38. The maximum Gasteiger partial charge on any atom is 0.256 e. The van der Waals surface area contributed by atoms with E-state index in [4.69, 9.17) is 9.47 Å². The van der Waals surface area contributed by atoms with Crippen LogP contribution < -0.4 is 10.1 Å². The zero-order valence-electron chi connectivity index (χ0n) is 16.3. The SMILES string of the molecule is CCOC1(C(=O)Nc2ccc(OCC(C)C)c(C#N)c2)CCCC(C)C1. The van der Waals surface area contributed by atoms with Crippen LogP contribution in [-0.4, -0.2) is 24.7 Å². The number of anilines is 1. The molecular formula is C21H30N2O3. The topological polar surface area (TPSA) is 71.3 Å². The molecule has 1 amide bonds. The van der Waals surface area contributed by atoms with Gasteiger partial charge < -0.3 is 14.8 Å². The molecule has 1 aromatic carbocycles. The minimum atomic E-state index is -0.772. The molecule has 1 fully saturated rings. The van der Waals surface area contributed by atoms with Crippen LogP contribution in [0.15, 0.2) is 18.2 Å². The first kappa shape index (κ1) is 20.3. The zero-order valence-corrected chi connectivity index (χ0v) is 16.3. The Bertz CT molecular complexity index is 662. The molecule has 0 radical (unpaired) electrons. The van der Waals surface area contributed by atoms with E-state index in [1.165, 1.54) is 0 Å². The van der Waals surface area contributed by atoms with Gasteiger partial charge in [-0.05, 0) is 56.2 Å². The van der Waals surface area contributed by atoms with Crippen LogP contribution in [0.1, 0.15) is 58.9 Å². The van der Waals surface area contributed by atoms with Gasteiger partial charge in [0.1, 0.15) is 17.4 Å². The van der Waals surface area contributed by atoms with Crippen molar-refractivity contribution in [2.75, 3.05) is 18.5 Å². The Morgan fingerprint density at radius 1 is 1.46 bits per heavy atom. The van der Waals surface area contributed by atoms with Crippen LogP contribution in [0, 0.1) is 23.2 Å². The van der Waals surface area contributed by atoms with Gasteiger partial charge in [-0.15, -0.1) is 0 Å². The summed E-state index contributed by atoms with van der Waals surface area (Å²) in [5.74, 6) is 1.26. The fourth-order valence-electron chi connectivity index (χ4n) is 3.50. The molecule has 1 aliphatic rings. The summed E-state index contributed by atoms with van der Waals surface area (Å²) in [6.07, 6.45) is 3.58. The summed E-state index contributed by atoms with van der Waals surface area (Å²) in [6.45, 7) is 9.24. The van der Waals surface area contributed by atoms with Gasteiger partial charge in [0.15, 0.2) is 0 Å². The fourth-order valence-corrected chi connectivity index (χ4v) is 3.50. The Morgan fingerprint density at radius 3 is 2.85 bits per heavy atom. The second-order valence-electron chi connectivity index (χ2n) is 7.61. The van der Waals surface area contributed by atoms with Crippen molar-refractivity contribution in [3.8, 4) is 11.8 Å². The van der Waals surface area contributed by atoms with Crippen molar-refractivity contribution in [2.45, 2.75) is 59.0 Å². The number of rotatable bonds is 7. The van der Waals surface area contributed by atoms with Gasteiger partial charge in [-0.3, -0.25) is 4.79 Å². The van der Waals surface area contributed by atoms with Crippen LogP contribution in [0.2, 0.25) is 0 Å². The van der Waals surface area contributed by atoms with E-state index in [0.717, 1.165) is 25.7 Å². The second-order valence-corrected chi connectivity index (χ2v) is 7.61. The third kappa shape index (κ3) is 4.98. The lowest BCUT2D eigenvalue weighted by atomic mass is 9.78. The summed E-state index contributed by atoms with van der Waals surface area (Å²) in [5, 5.41) is 12.3. The number of nitrogens with zero attached hydrogens (tertiary/aromatic N) is 1. The molecule has 0 spiro atoms. The highest BCUT2D eigenvalue weighted by Gasteiger charge is 2.42. The van der Waals surface area contributed by atoms with Gasteiger partial charge in [-0.25, -0.2) is 0 Å². The first-order chi connectivity index (χ1) is 12.4. The van der Waals surface area contributed by atoms with E-state index in [9.17, 15) is 10.1 Å². The smallest absolute Gasteiger partial charge is 0.256 e. The second kappa shape index (κ2) is 9.05. The molecule has 0 aromatic heterocycles. The van der Waals surface area contributed by atoms with Crippen molar-refractivity contribution in [1.29, 1.82) is 5.26 Å². The molecular weight excluding hydrogens is 328 g/mol. The van der Waals surface area contributed by atoms with Crippen molar-refractivity contribution in [2.24, 2.45) is 11.8 Å². The summed E-state index contributed by atoms with van der Waals surface area (Å²) in [5.41, 5.74) is 0.248. The van der Waals surface area contributed by atoms with E-state index in [1.54, 1.807) is 18.2 Å². The molecule has 1 aliphatic carbocycles. The van der Waals surface area contributed by atoms with Crippen molar-refractivity contribution in [3.05, 3.63) is 23.8 Å². The molecule has 1 aromatic rings. The molecule has 0 bridgehead atoms. The zero-order chi connectivity index (χ0) is 19.2. The Morgan fingerprint density at radius 2 is 2.23 bits per heavy atom. The van der Waals surface area contributed by atoms with Gasteiger partial charge in [-0.2, -0.15) is 5.26 Å². The Labute approximate surface area is 156 Å². The summed E-state index contributed by atoms with van der Waals surface area (Å²) >= 11 is 0. The number of ether oxygens (including phenoxy) is 2. The molecule has 0 saturated heterocycles. The molecule has 5 nitrogen and oxygen atoms in total. The van der Waals surface area contributed by atoms with Crippen molar-refractivity contribution in [1.82, 2.24) is 0 Å². The van der Waals surface area contributed by atoms with Crippen molar-refractivity contribution < 1.29 is 14.3 Å². The molecule has 26 heavy (non-hydrogen) atoms. The number of nitrogens with one attached hydrogen (secondary N) is 1. The quantitative estimate of drug-likeness (QED) is 0.778. The standard InChI is InChI=1S/C21H30N2O3/c1-5-26-21(10-6-7-16(4)12-21)20(24)23-18-8-9-19(17(11-18)13-22)25-14-15(2)3/h8-9,11,15-16H,5-7,10,12,14H2,1-4H3,(H,23,24). The lowest BCUT2D eigenvalue weighted by molar-refractivity contribution is -0.147. The molecule has 1 N–H and O–H groups in total. The molecule has 0 heterocycles. The number of hydrogen-bond acceptors (Lipinski definition) is 4. The minimum Gasteiger partial charge on any atom is -0.492 e. The van der Waals surface area contributed by atoms with Gasteiger partial charge in [0.25, 0.3) is 5.91 Å². The van der Waals surface area contributed by atoms with E-state index in [2.05, 4.69) is 32.2 Å². The van der Waals surface area contributed by atoms with E-state index < -0.39 is 5.60 Å². The van der Waals surface area contributed by atoms with E-state index in [-0.39, 0.29) is 5.91 Å². The predicted octanol–water partition coefficient (Wildman–Crippen LogP) is 4.52. The summed E-state index contributed by atoms with van der Waals surface area (Å²) in [7, 11) is 0. The number of carbonyl (C=O) groups excluding carboxylic acids is 1. The molecule has 1 saturated carbocycles. The maximum atomic E-state index is 13.0. The van der Waals surface area contributed by atoms with Gasteiger partial charge in [0, 0.05) is 12.3 Å². The van der Waals surface area contributed by atoms with Crippen LogP contribution >= 0.6 is 0 Å². The van der Waals surface area contributed by atoms with Crippen LogP contribution in [0.25, 0.3) is 0 Å². The average molecular weight is 358 g/mol. The largest absolute Gasteiger partial charge is 0.492 e. The number of hydrogen-bond donors (Lipinski definition) is 1. The third-order valence-corrected chi connectivity index (χ3v) is 4.72. The fraction of sp³-hybridized carbons (Fsp3) is 0.619. The van der Waals surface area contributed by atoms with E-state index >= 15 is 0 Å². The van der Waals surface area contributed by atoms with Crippen LogP contribution in [-0.2, 0) is 9.53 Å². The number of carbonyl (C=O) groups is 1. The lowest BCUT2D eigenvalue weighted by Crippen LogP contribution is -2.48. The molecule has 0 aliphatic heterocycles. The number of amides is 1. The molecule has 5 heteroatoms. The number of benzene rings is 1. The number of nitriles is 1. The van der Waals surface area contributed by atoms with Gasteiger partial charge in [0.2, 0.25) is 0 Å². The highest BCUT2D eigenvalue weighted by Crippen LogP contribution is 2.36. The Kier molecular flexibility index (Phi) is 7.05. The average Bonchev–Trinajstić information content (AvgIpc) is 2.60. The van der Waals surface area contributed by atoms with Crippen molar-refractivity contribution in [3.63, 3.8) is 0 Å². The van der Waals surface area contributed by atoms with Gasteiger partial charge in [-0.1, -0.05) is 27.2 Å². The predicted molar refractivity (Wildman–Crippen MR) is 102 cm³/mol. The Hall–Kier alpha value is -2.06. The normalized spacial score (nSPS) is 22.7. The first-order valence-corrected chi connectivity index (χ1v) is 9.52. The van der Waals surface area contributed by atoms with Crippen LogP contribution in [0.4, 0.5) is 5.69 Å².